The van der Waals surface area contributed by atoms with Crippen molar-refractivity contribution >= 4 is 7.82 Å². The van der Waals surface area contributed by atoms with E-state index in [1.165, 1.54) is 103 Å². The van der Waals surface area contributed by atoms with E-state index in [2.05, 4.69) is 20.8 Å². The van der Waals surface area contributed by atoms with Gasteiger partial charge in [-0.15, -0.1) is 0 Å². The second-order valence-corrected chi connectivity index (χ2v) is 11.3. The summed E-state index contributed by atoms with van der Waals surface area (Å²) in [6, 6.07) is 0. The summed E-state index contributed by atoms with van der Waals surface area (Å²) in [7, 11) is -3.42. The normalized spacial score (nSPS) is 12.0. The van der Waals surface area contributed by atoms with E-state index in [-0.39, 0.29) is 0 Å². The molecular formula is C28H59O4P. The van der Waals surface area contributed by atoms with Crippen LogP contribution in [-0.2, 0) is 18.1 Å². The Bertz CT molecular complexity index is 391. The zero-order chi connectivity index (χ0) is 24.3. The van der Waals surface area contributed by atoms with E-state index in [9.17, 15) is 4.57 Å². The van der Waals surface area contributed by atoms with Crippen molar-refractivity contribution in [2.75, 3.05) is 19.8 Å². The third-order valence-corrected chi connectivity index (χ3v) is 7.74. The van der Waals surface area contributed by atoms with Gasteiger partial charge in [-0.25, -0.2) is 4.57 Å². The third-order valence-electron chi connectivity index (χ3n) is 6.24. The number of phosphoric acid groups is 1. The molecule has 0 bridgehead atoms. The molecule has 0 saturated heterocycles. The molecule has 33 heavy (non-hydrogen) atoms. The minimum Gasteiger partial charge on any atom is -0.287 e. The van der Waals surface area contributed by atoms with Gasteiger partial charge in [0.25, 0.3) is 0 Å². The van der Waals surface area contributed by atoms with Crippen molar-refractivity contribution in [2.45, 2.75) is 162 Å². The van der Waals surface area contributed by atoms with Crippen molar-refractivity contribution < 1.29 is 18.1 Å². The Morgan fingerprint density at radius 1 is 0.364 bits per heavy atom. The first-order valence-corrected chi connectivity index (χ1v) is 16.2. The summed E-state index contributed by atoms with van der Waals surface area (Å²) in [4.78, 5) is 0. The Kier molecular flexibility index (Phi) is 26.8. The van der Waals surface area contributed by atoms with E-state index >= 15 is 0 Å². The molecular weight excluding hydrogens is 431 g/mol. The average molecular weight is 491 g/mol. The van der Waals surface area contributed by atoms with Crippen LogP contribution in [0, 0.1) is 0 Å². The van der Waals surface area contributed by atoms with Gasteiger partial charge in [-0.05, 0) is 19.3 Å². The number of hydrogen-bond acceptors (Lipinski definition) is 4. The molecule has 200 valence electrons. The lowest BCUT2D eigenvalue weighted by Crippen LogP contribution is -2.04. The van der Waals surface area contributed by atoms with Crippen LogP contribution in [-0.4, -0.2) is 19.8 Å². The Labute approximate surface area is 207 Å². The zero-order valence-electron chi connectivity index (χ0n) is 22.8. The summed E-state index contributed by atoms with van der Waals surface area (Å²) in [5.41, 5.74) is 0. The Morgan fingerprint density at radius 3 is 0.818 bits per heavy atom. The molecule has 0 aromatic carbocycles. The predicted octanol–water partition coefficient (Wildman–Crippen LogP) is 10.8. The number of phosphoric ester groups is 1. The lowest BCUT2D eigenvalue weighted by molar-refractivity contribution is 0.108. The molecule has 5 heteroatoms. The smallest absolute Gasteiger partial charge is 0.287 e. The highest BCUT2D eigenvalue weighted by Gasteiger charge is 2.26. The van der Waals surface area contributed by atoms with Crippen molar-refractivity contribution in [3.05, 3.63) is 0 Å². The van der Waals surface area contributed by atoms with Crippen LogP contribution >= 0.6 is 7.82 Å². The summed E-state index contributed by atoms with van der Waals surface area (Å²) >= 11 is 0. The van der Waals surface area contributed by atoms with Crippen LogP contribution in [0.15, 0.2) is 0 Å². The summed E-state index contributed by atoms with van der Waals surface area (Å²) < 4.78 is 30.2. The maximum Gasteiger partial charge on any atom is 0.474 e. The highest BCUT2D eigenvalue weighted by atomic mass is 31.2. The van der Waals surface area contributed by atoms with Gasteiger partial charge < -0.3 is 0 Å². The van der Waals surface area contributed by atoms with Crippen LogP contribution in [0.25, 0.3) is 0 Å². The molecule has 0 rings (SSSR count). The topological polar surface area (TPSA) is 44.8 Å². The van der Waals surface area contributed by atoms with Crippen LogP contribution in [0.3, 0.4) is 0 Å². The number of rotatable bonds is 28. The van der Waals surface area contributed by atoms with E-state index in [0.717, 1.165) is 38.5 Å². The fourth-order valence-corrected chi connectivity index (χ4v) is 5.28. The molecule has 0 unspecified atom stereocenters. The van der Waals surface area contributed by atoms with Gasteiger partial charge in [0.2, 0.25) is 0 Å². The first kappa shape index (κ1) is 33.1. The van der Waals surface area contributed by atoms with Crippen LogP contribution in [0.4, 0.5) is 0 Å². The first-order valence-electron chi connectivity index (χ1n) is 14.7. The second kappa shape index (κ2) is 26.7. The molecule has 0 aliphatic rings. The summed E-state index contributed by atoms with van der Waals surface area (Å²) in [6.45, 7) is 8.15. The summed E-state index contributed by atoms with van der Waals surface area (Å²) in [5, 5.41) is 0. The monoisotopic (exact) mass is 490 g/mol. The van der Waals surface area contributed by atoms with E-state index < -0.39 is 7.82 Å². The molecule has 0 aromatic rings. The van der Waals surface area contributed by atoms with Gasteiger partial charge in [0.05, 0.1) is 19.8 Å². The Balaban J connectivity index is 4.04. The molecule has 0 fully saturated rings. The zero-order valence-corrected chi connectivity index (χ0v) is 23.7. The highest BCUT2D eigenvalue weighted by molar-refractivity contribution is 7.48. The Morgan fingerprint density at radius 2 is 0.576 bits per heavy atom. The molecule has 0 aliphatic carbocycles. The standard InChI is InChI=1S/C28H59O4P/c1-4-7-10-13-16-18-21-24-27-31-33(29,30-26-23-20-15-12-9-6-3)32-28-25-22-19-17-14-11-8-5-2/h4-28H2,1-3H3. The SMILES string of the molecule is CCCCCCCCCCOP(=O)(OCCCCCCCC)OCCCCCCCCCC. The molecule has 0 amide bonds. The van der Waals surface area contributed by atoms with Crippen LogP contribution in [0.5, 0.6) is 0 Å². The number of hydrogen-bond donors (Lipinski definition) is 0. The maximum absolute atomic E-state index is 13.1. The second-order valence-electron chi connectivity index (χ2n) is 9.66. The van der Waals surface area contributed by atoms with Crippen LogP contribution in [0.2, 0.25) is 0 Å². The van der Waals surface area contributed by atoms with Gasteiger partial charge in [-0.2, -0.15) is 0 Å². The lowest BCUT2D eigenvalue weighted by atomic mass is 10.1. The molecule has 0 aliphatic heterocycles. The molecule has 0 spiro atoms. The van der Waals surface area contributed by atoms with Gasteiger partial charge >= 0.3 is 7.82 Å². The van der Waals surface area contributed by atoms with E-state index in [0.29, 0.717) is 19.8 Å². The quantitative estimate of drug-likeness (QED) is 0.0808. The minimum atomic E-state index is -3.42. The summed E-state index contributed by atoms with van der Waals surface area (Å²) in [5.74, 6) is 0. The highest BCUT2D eigenvalue weighted by Crippen LogP contribution is 2.50. The number of unbranched alkanes of at least 4 members (excludes halogenated alkanes) is 19. The van der Waals surface area contributed by atoms with Gasteiger partial charge in [-0.1, -0.05) is 143 Å². The van der Waals surface area contributed by atoms with Crippen molar-refractivity contribution in [1.29, 1.82) is 0 Å². The van der Waals surface area contributed by atoms with Crippen LogP contribution < -0.4 is 0 Å². The molecule has 4 nitrogen and oxygen atoms in total. The molecule has 0 aromatic heterocycles. The maximum atomic E-state index is 13.1. The molecule has 0 radical (unpaired) electrons. The van der Waals surface area contributed by atoms with Crippen LogP contribution in [0.1, 0.15) is 162 Å². The predicted molar refractivity (Wildman–Crippen MR) is 144 cm³/mol. The lowest BCUT2D eigenvalue weighted by Gasteiger charge is -2.18. The van der Waals surface area contributed by atoms with Gasteiger partial charge in [0.15, 0.2) is 0 Å². The fraction of sp³-hybridized carbons (Fsp3) is 1.00. The molecule has 0 heterocycles. The van der Waals surface area contributed by atoms with E-state index in [1.807, 2.05) is 0 Å². The fourth-order valence-electron chi connectivity index (χ4n) is 4.00. The minimum absolute atomic E-state index is 0.470. The first-order chi connectivity index (χ1) is 16.2. The molecule has 0 atom stereocenters. The van der Waals surface area contributed by atoms with Gasteiger partial charge in [0.1, 0.15) is 0 Å². The average Bonchev–Trinajstić information content (AvgIpc) is 2.81. The van der Waals surface area contributed by atoms with Crippen molar-refractivity contribution in [3.63, 3.8) is 0 Å². The largest absolute Gasteiger partial charge is 0.474 e. The van der Waals surface area contributed by atoms with Crippen molar-refractivity contribution in [2.24, 2.45) is 0 Å². The summed E-state index contributed by atoms with van der Waals surface area (Å²) in [6.07, 6.45) is 26.9. The van der Waals surface area contributed by atoms with Gasteiger partial charge in [0, 0.05) is 0 Å². The molecule has 0 N–H and O–H groups in total. The van der Waals surface area contributed by atoms with Crippen molar-refractivity contribution in [3.8, 4) is 0 Å². The molecule has 0 saturated carbocycles. The van der Waals surface area contributed by atoms with E-state index in [1.54, 1.807) is 0 Å². The Hall–Kier alpha value is 0.110. The van der Waals surface area contributed by atoms with Crippen molar-refractivity contribution in [1.82, 2.24) is 0 Å². The van der Waals surface area contributed by atoms with Gasteiger partial charge in [-0.3, -0.25) is 13.6 Å². The third kappa shape index (κ3) is 25.0. The van der Waals surface area contributed by atoms with E-state index in [4.69, 9.17) is 13.6 Å².